The maximum atomic E-state index is 5.95. The number of aliphatic imine (C=N–C) groups is 1. The van der Waals surface area contributed by atoms with Crippen molar-refractivity contribution in [3.05, 3.63) is 29.3 Å². The van der Waals surface area contributed by atoms with E-state index in [1.165, 1.54) is 11.1 Å². The Labute approximate surface area is 139 Å². The molecule has 1 rings (SSSR count). The second-order valence-electron chi connectivity index (χ2n) is 4.39. The van der Waals surface area contributed by atoms with Crippen LogP contribution in [-0.4, -0.2) is 12.0 Å². The van der Waals surface area contributed by atoms with Crippen LogP contribution in [0.15, 0.2) is 23.2 Å². The Morgan fingerprint density at radius 1 is 1.30 bits per heavy atom. The third kappa shape index (κ3) is 5.04. The van der Waals surface area contributed by atoms with Gasteiger partial charge < -0.3 is 11.1 Å². The van der Waals surface area contributed by atoms with Crippen molar-refractivity contribution in [3.63, 3.8) is 0 Å². The van der Waals surface area contributed by atoms with Gasteiger partial charge in [0.2, 0.25) is 0 Å². The van der Waals surface area contributed by atoms with Gasteiger partial charge in [0, 0.05) is 5.69 Å². The van der Waals surface area contributed by atoms with Crippen molar-refractivity contribution in [1.29, 1.82) is 0 Å². The Balaban J connectivity index is 0.00000361. The first kappa shape index (κ1) is 18.8. The Bertz CT molecular complexity index is 467. The molecule has 0 fully saturated rings. The summed E-state index contributed by atoms with van der Waals surface area (Å²) in [6.45, 7) is 6.26. The monoisotopic (exact) mass is 385 g/mol. The molecule has 1 aromatic carbocycles. The molecule has 1 atom stereocenters. The number of anilines is 1. The van der Waals surface area contributed by atoms with E-state index >= 15 is 0 Å². The van der Waals surface area contributed by atoms with Gasteiger partial charge in [-0.15, -0.1) is 30.4 Å². The van der Waals surface area contributed by atoms with Gasteiger partial charge in [-0.2, -0.15) is 0 Å². The molecular weight excluding hydrogens is 361 g/mol. The van der Waals surface area contributed by atoms with E-state index in [4.69, 9.17) is 12.2 Å². The molecule has 0 heterocycles. The van der Waals surface area contributed by atoms with Crippen LogP contribution in [0.1, 0.15) is 38.3 Å². The molecule has 0 saturated carbocycles. The lowest BCUT2D eigenvalue weighted by Gasteiger charge is -2.15. The number of para-hydroxylation sites is 1. The number of nitrogens with zero attached hydrogens (tertiary/aromatic N) is 1. The van der Waals surface area contributed by atoms with Gasteiger partial charge in [-0.25, -0.2) is 4.99 Å². The van der Waals surface area contributed by atoms with Crippen LogP contribution < -0.4 is 11.1 Å². The number of nitrogens with one attached hydrogen (secondary N) is 1. The summed E-state index contributed by atoms with van der Waals surface area (Å²) in [7, 11) is 0. The second kappa shape index (κ2) is 9.65. The Morgan fingerprint density at radius 3 is 2.25 bits per heavy atom. The number of hydrogen-bond acceptors (Lipinski definition) is 1. The minimum atomic E-state index is -0.161. The van der Waals surface area contributed by atoms with Gasteiger partial charge in [-0.05, 0) is 30.4 Å². The summed E-state index contributed by atoms with van der Waals surface area (Å²) in [6.07, 6.45) is 8.09. The van der Waals surface area contributed by atoms with Gasteiger partial charge in [-0.1, -0.05) is 44.9 Å². The summed E-state index contributed by atoms with van der Waals surface area (Å²) in [6, 6.07) is 6.12. The van der Waals surface area contributed by atoms with Crippen LogP contribution in [0.2, 0.25) is 0 Å². The fourth-order valence-electron chi connectivity index (χ4n) is 1.98. The first-order chi connectivity index (χ1) is 9.15. The normalized spacial score (nSPS) is 12.2. The van der Waals surface area contributed by atoms with Crippen molar-refractivity contribution in [2.24, 2.45) is 10.7 Å². The highest BCUT2D eigenvalue weighted by atomic mass is 127. The van der Waals surface area contributed by atoms with Crippen LogP contribution in [0, 0.1) is 12.3 Å². The van der Waals surface area contributed by atoms with Crippen molar-refractivity contribution >= 4 is 35.6 Å². The fraction of sp³-hybridized carbons (Fsp3) is 0.438. The molecule has 0 radical (unpaired) electrons. The summed E-state index contributed by atoms with van der Waals surface area (Å²) >= 11 is 0. The lowest BCUT2D eigenvalue weighted by Crippen LogP contribution is -2.26. The zero-order valence-electron chi connectivity index (χ0n) is 12.4. The highest BCUT2D eigenvalue weighted by molar-refractivity contribution is 14.0. The van der Waals surface area contributed by atoms with E-state index in [-0.39, 0.29) is 30.0 Å². The number of hydrogen-bond donors (Lipinski definition) is 2. The van der Waals surface area contributed by atoms with Crippen molar-refractivity contribution in [2.75, 3.05) is 5.32 Å². The molecule has 0 spiro atoms. The fourth-order valence-corrected chi connectivity index (χ4v) is 1.98. The van der Waals surface area contributed by atoms with Crippen molar-refractivity contribution in [2.45, 2.75) is 46.1 Å². The number of rotatable bonds is 5. The molecule has 1 unspecified atom stereocenters. The zero-order valence-corrected chi connectivity index (χ0v) is 14.8. The van der Waals surface area contributed by atoms with Gasteiger partial charge in [0.1, 0.15) is 6.04 Å². The molecule has 0 aliphatic heterocycles. The Morgan fingerprint density at radius 2 is 1.85 bits per heavy atom. The molecule has 0 aromatic heterocycles. The molecule has 0 aliphatic carbocycles. The molecule has 110 valence electrons. The first-order valence-electron chi connectivity index (χ1n) is 6.83. The van der Waals surface area contributed by atoms with Crippen LogP contribution >= 0.6 is 24.0 Å². The van der Waals surface area contributed by atoms with E-state index in [1.807, 2.05) is 6.92 Å². The number of nitrogens with two attached hydrogens (primary N) is 1. The van der Waals surface area contributed by atoms with Crippen LogP contribution in [-0.2, 0) is 12.8 Å². The first-order valence-corrected chi connectivity index (χ1v) is 6.83. The molecule has 20 heavy (non-hydrogen) atoms. The Kier molecular flexibility index (Phi) is 9.06. The van der Waals surface area contributed by atoms with E-state index in [0.717, 1.165) is 24.9 Å². The summed E-state index contributed by atoms with van der Waals surface area (Å²) in [5.41, 5.74) is 9.50. The second-order valence-corrected chi connectivity index (χ2v) is 4.39. The highest BCUT2D eigenvalue weighted by Crippen LogP contribution is 2.22. The highest BCUT2D eigenvalue weighted by Gasteiger charge is 2.08. The average molecular weight is 385 g/mol. The maximum Gasteiger partial charge on any atom is 0.194 e. The quantitative estimate of drug-likeness (QED) is 0.352. The molecule has 0 amide bonds. The number of guanidine groups is 1. The third-order valence-electron chi connectivity index (χ3n) is 3.13. The van der Waals surface area contributed by atoms with E-state index in [0.29, 0.717) is 5.96 Å². The average Bonchev–Trinajstić information content (AvgIpc) is 2.44. The molecule has 0 saturated heterocycles. The Hall–Kier alpha value is -1.22. The minimum Gasteiger partial charge on any atom is -0.370 e. The van der Waals surface area contributed by atoms with Gasteiger partial charge in [0.25, 0.3) is 0 Å². The third-order valence-corrected chi connectivity index (χ3v) is 3.13. The minimum absolute atomic E-state index is 0. The van der Waals surface area contributed by atoms with E-state index in [2.05, 4.69) is 48.3 Å². The topological polar surface area (TPSA) is 50.4 Å². The summed E-state index contributed by atoms with van der Waals surface area (Å²) in [4.78, 5) is 4.31. The predicted molar refractivity (Wildman–Crippen MR) is 98.8 cm³/mol. The van der Waals surface area contributed by atoms with Gasteiger partial charge >= 0.3 is 0 Å². The van der Waals surface area contributed by atoms with Gasteiger partial charge in [0.05, 0.1) is 0 Å². The van der Waals surface area contributed by atoms with Gasteiger partial charge in [0.15, 0.2) is 5.96 Å². The van der Waals surface area contributed by atoms with E-state index < -0.39 is 0 Å². The van der Waals surface area contributed by atoms with Gasteiger partial charge in [-0.3, -0.25) is 0 Å². The molecule has 3 N–H and O–H groups in total. The number of benzene rings is 1. The number of halogens is 1. The van der Waals surface area contributed by atoms with Crippen molar-refractivity contribution < 1.29 is 0 Å². The summed E-state index contributed by atoms with van der Waals surface area (Å²) < 4.78 is 0. The summed E-state index contributed by atoms with van der Waals surface area (Å²) in [5.74, 6) is 3.01. The van der Waals surface area contributed by atoms with Crippen LogP contribution in [0.25, 0.3) is 0 Å². The van der Waals surface area contributed by atoms with Crippen LogP contribution in [0.5, 0.6) is 0 Å². The standard InChI is InChI=1S/C16H23N3.HI/c1-5-12-10-9-11-13(6-2)15(12)19-16(17)18-14(7-3)8-4;/h3,9-11,14H,5-6,8H2,1-2,4H3,(H3,17,18,19);1H. The molecule has 4 heteroatoms. The SMILES string of the molecule is C#CC(CC)N=C(N)Nc1c(CC)cccc1CC.I. The lowest BCUT2D eigenvalue weighted by atomic mass is 10.0. The molecule has 0 bridgehead atoms. The predicted octanol–water partition coefficient (Wildman–Crippen LogP) is 3.57. The molecule has 0 aliphatic rings. The van der Waals surface area contributed by atoms with E-state index in [1.54, 1.807) is 0 Å². The maximum absolute atomic E-state index is 5.95. The lowest BCUT2D eigenvalue weighted by molar-refractivity contribution is 0.806. The number of terminal acetylenes is 1. The van der Waals surface area contributed by atoms with Crippen molar-refractivity contribution in [1.82, 2.24) is 0 Å². The zero-order chi connectivity index (χ0) is 14.3. The van der Waals surface area contributed by atoms with Crippen LogP contribution in [0.4, 0.5) is 5.69 Å². The molecule has 1 aromatic rings. The number of aryl methyl sites for hydroxylation is 2. The largest absolute Gasteiger partial charge is 0.370 e. The van der Waals surface area contributed by atoms with Crippen LogP contribution in [0.3, 0.4) is 0 Å². The molecule has 3 nitrogen and oxygen atoms in total. The summed E-state index contributed by atoms with van der Waals surface area (Å²) in [5, 5.41) is 3.21. The molecular formula is C16H24IN3. The smallest absolute Gasteiger partial charge is 0.194 e. The van der Waals surface area contributed by atoms with E-state index in [9.17, 15) is 0 Å². The van der Waals surface area contributed by atoms with Crippen molar-refractivity contribution in [3.8, 4) is 12.3 Å².